The van der Waals surface area contributed by atoms with Crippen molar-refractivity contribution in [3.05, 3.63) is 17.9 Å². The van der Waals surface area contributed by atoms with Gasteiger partial charge in [-0.3, -0.25) is 0 Å². The number of furan rings is 1. The monoisotopic (exact) mass is 302 g/mol. The second-order valence-electron chi connectivity index (χ2n) is 6.32. The molecule has 20 heavy (non-hydrogen) atoms. The zero-order valence-electron chi connectivity index (χ0n) is 12.3. The lowest BCUT2D eigenvalue weighted by atomic mass is 10.0. The van der Waals surface area contributed by atoms with Crippen molar-refractivity contribution in [3.63, 3.8) is 0 Å². The molecule has 0 aliphatic carbocycles. The number of nitrogens with two attached hydrogens (primary N) is 1. The summed E-state index contributed by atoms with van der Waals surface area (Å²) in [4.78, 5) is 0. The van der Waals surface area contributed by atoms with E-state index in [-0.39, 0.29) is 24.7 Å². The largest absolute Gasteiger partial charge is 0.447 e. The van der Waals surface area contributed by atoms with E-state index in [4.69, 9.17) is 14.9 Å². The van der Waals surface area contributed by atoms with Gasteiger partial charge in [0, 0.05) is 13.1 Å². The van der Waals surface area contributed by atoms with Crippen LogP contribution in [-0.4, -0.2) is 37.0 Å². The lowest BCUT2D eigenvalue weighted by Crippen LogP contribution is -2.58. The van der Waals surface area contributed by atoms with Crippen molar-refractivity contribution in [2.45, 2.75) is 50.5 Å². The maximum absolute atomic E-state index is 12.6. The van der Waals surface area contributed by atoms with E-state index in [1.807, 2.05) is 27.7 Å². The lowest BCUT2D eigenvalue weighted by molar-refractivity contribution is -0.164. The van der Waals surface area contributed by atoms with Crippen LogP contribution in [0.4, 0.5) is 0 Å². The van der Waals surface area contributed by atoms with Crippen LogP contribution in [0.2, 0.25) is 0 Å². The average molecular weight is 302 g/mol. The van der Waals surface area contributed by atoms with Gasteiger partial charge in [-0.1, -0.05) is 0 Å². The summed E-state index contributed by atoms with van der Waals surface area (Å²) < 4.78 is 37.9. The molecule has 2 rings (SSSR count). The van der Waals surface area contributed by atoms with Crippen molar-refractivity contribution in [3.8, 4) is 0 Å². The van der Waals surface area contributed by atoms with Gasteiger partial charge in [0.05, 0.1) is 17.7 Å². The van der Waals surface area contributed by atoms with Gasteiger partial charge in [-0.25, -0.2) is 8.42 Å². The van der Waals surface area contributed by atoms with E-state index in [1.165, 1.54) is 10.4 Å². The molecule has 0 bridgehead atoms. The van der Waals surface area contributed by atoms with Crippen LogP contribution in [0, 0.1) is 0 Å². The molecule has 0 saturated carbocycles. The Kier molecular flexibility index (Phi) is 3.75. The summed E-state index contributed by atoms with van der Waals surface area (Å²) in [6, 6.07) is 3.04. The van der Waals surface area contributed by atoms with Gasteiger partial charge in [0.25, 0.3) is 10.0 Å². The number of rotatable bonds is 3. The summed E-state index contributed by atoms with van der Waals surface area (Å²) >= 11 is 0. The first-order valence-corrected chi connectivity index (χ1v) is 7.99. The van der Waals surface area contributed by atoms with E-state index in [0.29, 0.717) is 5.76 Å². The molecular weight excluding hydrogens is 280 g/mol. The predicted molar refractivity (Wildman–Crippen MR) is 74.6 cm³/mol. The van der Waals surface area contributed by atoms with Crippen LogP contribution >= 0.6 is 0 Å². The molecule has 1 aromatic heterocycles. The third kappa shape index (κ3) is 3.06. The predicted octanol–water partition coefficient (Wildman–Crippen LogP) is 1.32. The van der Waals surface area contributed by atoms with Gasteiger partial charge in [-0.15, -0.1) is 0 Å². The number of morpholine rings is 1. The Hall–Kier alpha value is -0.890. The minimum Gasteiger partial charge on any atom is -0.447 e. The van der Waals surface area contributed by atoms with E-state index < -0.39 is 21.2 Å². The maximum Gasteiger partial charge on any atom is 0.276 e. The number of ether oxygens (including phenoxy) is 1. The first kappa shape index (κ1) is 15.5. The van der Waals surface area contributed by atoms with Crippen molar-refractivity contribution < 1.29 is 17.6 Å². The van der Waals surface area contributed by atoms with Crippen LogP contribution < -0.4 is 5.73 Å². The zero-order valence-corrected chi connectivity index (χ0v) is 13.2. The van der Waals surface area contributed by atoms with E-state index in [1.54, 1.807) is 6.07 Å². The Morgan fingerprint density at radius 1 is 1.20 bits per heavy atom. The van der Waals surface area contributed by atoms with Gasteiger partial charge in [0.1, 0.15) is 5.76 Å². The van der Waals surface area contributed by atoms with Crippen molar-refractivity contribution in [1.29, 1.82) is 0 Å². The van der Waals surface area contributed by atoms with Crippen LogP contribution in [0.15, 0.2) is 21.6 Å². The second-order valence-corrected chi connectivity index (χ2v) is 8.19. The minimum absolute atomic E-state index is 0.0635. The molecule has 0 aromatic carbocycles. The highest BCUT2D eigenvalue weighted by molar-refractivity contribution is 7.89. The van der Waals surface area contributed by atoms with Gasteiger partial charge >= 0.3 is 0 Å². The summed E-state index contributed by atoms with van der Waals surface area (Å²) in [5, 5.41) is -0.0635. The standard InChI is InChI=1S/C13H22N2O4S/c1-12(2)8-15(9-13(3,4)19-12)20(16,17)11-6-5-10(7-14)18-11/h5-6H,7-9,14H2,1-4H3. The summed E-state index contributed by atoms with van der Waals surface area (Å²) in [7, 11) is -3.66. The third-order valence-corrected chi connectivity index (χ3v) is 4.77. The van der Waals surface area contributed by atoms with Crippen molar-refractivity contribution in [2.75, 3.05) is 13.1 Å². The van der Waals surface area contributed by atoms with Gasteiger partial charge in [0.15, 0.2) is 0 Å². The van der Waals surface area contributed by atoms with Crippen molar-refractivity contribution in [1.82, 2.24) is 4.31 Å². The van der Waals surface area contributed by atoms with Crippen molar-refractivity contribution >= 4 is 10.0 Å². The first-order chi connectivity index (χ1) is 9.06. The molecule has 114 valence electrons. The molecule has 0 unspecified atom stereocenters. The van der Waals surface area contributed by atoms with E-state index in [2.05, 4.69) is 0 Å². The maximum atomic E-state index is 12.6. The molecule has 2 heterocycles. The number of nitrogens with zero attached hydrogens (tertiary/aromatic N) is 1. The normalized spacial score (nSPS) is 22.9. The Labute approximate surface area is 119 Å². The fourth-order valence-electron chi connectivity index (χ4n) is 2.62. The Morgan fingerprint density at radius 3 is 2.20 bits per heavy atom. The minimum atomic E-state index is -3.66. The second kappa shape index (κ2) is 4.84. The van der Waals surface area contributed by atoms with E-state index >= 15 is 0 Å². The quantitative estimate of drug-likeness (QED) is 0.910. The fourth-order valence-corrected chi connectivity index (χ4v) is 4.29. The number of hydrogen-bond acceptors (Lipinski definition) is 5. The smallest absolute Gasteiger partial charge is 0.276 e. The van der Waals surface area contributed by atoms with E-state index in [9.17, 15) is 8.42 Å². The molecule has 1 aliphatic rings. The highest BCUT2D eigenvalue weighted by Gasteiger charge is 2.43. The summed E-state index contributed by atoms with van der Waals surface area (Å²) in [5.41, 5.74) is 4.36. The van der Waals surface area contributed by atoms with Crippen LogP contribution in [0.5, 0.6) is 0 Å². The molecule has 0 spiro atoms. The van der Waals surface area contributed by atoms with Gasteiger partial charge in [0.2, 0.25) is 5.09 Å². The third-order valence-electron chi connectivity index (χ3n) is 3.10. The molecule has 6 nitrogen and oxygen atoms in total. The molecule has 1 aliphatic heterocycles. The van der Waals surface area contributed by atoms with Gasteiger partial charge in [-0.2, -0.15) is 4.31 Å². The number of sulfonamides is 1. The molecule has 0 amide bonds. The Bertz CT molecular complexity index is 573. The number of hydrogen-bond donors (Lipinski definition) is 1. The van der Waals surface area contributed by atoms with Crippen LogP contribution in [0.3, 0.4) is 0 Å². The molecule has 2 N–H and O–H groups in total. The Morgan fingerprint density at radius 2 is 1.75 bits per heavy atom. The molecule has 1 saturated heterocycles. The topological polar surface area (TPSA) is 85.8 Å². The average Bonchev–Trinajstić information content (AvgIpc) is 2.73. The Balaban J connectivity index is 2.33. The molecule has 0 radical (unpaired) electrons. The highest BCUT2D eigenvalue weighted by Crippen LogP contribution is 2.32. The molecule has 1 fully saturated rings. The van der Waals surface area contributed by atoms with Crippen molar-refractivity contribution in [2.24, 2.45) is 5.73 Å². The molecular formula is C13H22N2O4S. The molecule has 1 aromatic rings. The summed E-state index contributed by atoms with van der Waals surface area (Å²) in [6.07, 6.45) is 0. The van der Waals surface area contributed by atoms with Gasteiger partial charge in [-0.05, 0) is 39.8 Å². The van der Waals surface area contributed by atoms with Crippen LogP contribution in [0.25, 0.3) is 0 Å². The zero-order chi connectivity index (χ0) is 15.2. The SMILES string of the molecule is CC1(C)CN(S(=O)(=O)c2ccc(CN)o2)CC(C)(C)O1. The fraction of sp³-hybridized carbons (Fsp3) is 0.692. The summed E-state index contributed by atoms with van der Waals surface area (Å²) in [6.45, 7) is 8.27. The highest BCUT2D eigenvalue weighted by atomic mass is 32.2. The first-order valence-electron chi connectivity index (χ1n) is 6.55. The van der Waals surface area contributed by atoms with Crippen LogP contribution in [-0.2, 0) is 21.3 Å². The molecule has 0 atom stereocenters. The lowest BCUT2D eigenvalue weighted by Gasteiger charge is -2.46. The van der Waals surface area contributed by atoms with Crippen LogP contribution in [0.1, 0.15) is 33.5 Å². The molecule has 7 heteroatoms. The van der Waals surface area contributed by atoms with E-state index in [0.717, 1.165) is 0 Å². The summed E-state index contributed by atoms with van der Waals surface area (Å²) in [5.74, 6) is 0.454. The van der Waals surface area contributed by atoms with Gasteiger partial charge < -0.3 is 14.9 Å².